The third-order valence-corrected chi connectivity index (χ3v) is 2.69. The Morgan fingerprint density at radius 3 is 2.41 bits per heavy atom. The van der Waals surface area contributed by atoms with E-state index >= 15 is 0 Å². The van der Waals surface area contributed by atoms with Crippen LogP contribution in [0.3, 0.4) is 0 Å². The average molecular weight is 260 g/mol. The summed E-state index contributed by atoms with van der Waals surface area (Å²) in [6.07, 6.45) is 0. The molecule has 0 saturated carbocycles. The first-order chi connectivity index (χ1) is 8.06. The SMILES string of the molecule is COC(=O)[C@H](N)c1ccc(OC)c(OC)c1Cl. The van der Waals surface area contributed by atoms with Crippen molar-refractivity contribution < 1.29 is 19.0 Å². The number of esters is 1. The highest BCUT2D eigenvalue weighted by atomic mass is 35.5. The van der Waals surface area contributed by atoms with Crippen LogP contribution in [0.1, 0.15) is 11.6 Å². The summed E-state index contributed by atoms with van der Waals surface area (Å²) >= 11 is 6.10. The average Bonchev–Trinajstić information content (AvgIpc) is 2.36. The first-order valence-corrected chi connectivity index (χ1v) is 5.18. The van der Waals surface area contributed by atoms with Crippen molar-refractivity contribution >= 4 is 17.6 Å². The Hall–Kier alpha value is -1.46. The van der Waals surface area contributed by atoms with Gasteiger partial charge in [0.15, 0.2) is 11.5 Å². The van der Waals surface area contributed by atoms with Crippen molar-refractivity contribution in [2.24, 2.45) is 5.73 Å². The second-order valence-corrected chi connectivity index (χ2v) is 3.58. The van der Waals surface area contributed by atoms with E-state index in [0.29, 0.717) is 17.1 Å². The van der Waals surface area contributed by atoms with Crippen LogP contribution < -0.4 is 15.2 Å². The van der Waals surface area contributed by atoms with E-state index in [1.807, 2.05) is 0 Å². The third-order valence-electron chi connectivity index (χ3n) is 2.31. The van der Waals surface area contributed by atoms with Crippen LogP contribution >= 0.6 is 11.6 Å². The van der Waals surface area contributed by atoms with Crippen molar-refractivity contribution in [3.8, 4) is 11.5 Å². The Kier molecular flexibility index (Phi) is 4.60. The second kappa shape index (κ2) is 5.75. The summed E-state index contributed by atoms with van der Waals surface area (Å²) in [4.78, 5) is 11.3. The largest absolute Gasteiger partial charge is 0.493 e. The van der Waals surface area contributed by atoms with Crippen LogP contribution in [0.5, 0.6) is 11.5 Å². The maximum Gasteiger partial charge on any atom is 0.327 e. The number of carbonyl (C=O) groups excluding carboxylic acids is 1. The number of halogens is 1. The lowest BCUT2D eigenvalue weighted by Crippen LogP contribution is -2.23. The molecule has 5 nitrogen and oxygen atoms in total. The third kappa shape index (κ3) is 2.62. The molecule has 0 aliphatic heterocycles. The topological polar surface area (TPSA) is 70.8 Å². The van der Waals surface area contributed by atoms with E-state index in [2.05, 4.69) is 4.74 Å². The number of rotatable bonds is 4. The van der Waals surface area contributed by atoms with Crippen LogP contribution in [-0.2, 0) is 9.53 Å². The maximum absolute atomic E-state index is 11.3. The van der Waals surface area contributed by atoms with Gasteiger partial charge in [-0.3, -0.25) is 4.79 Å². The minimum Gasteiger partial charge on any atom is -0.493 e. The van der Waals surface area contributed by atoms with E-state index in [-0.39, 0.29) is 5.02 Å². The quantitative estimate of drug-likeness (QED) is 0.831. The van der Waals surface area contributed by atoms with Gasteiger partial charge in [0, 0.05) is 5.56 Å². The van der Waals surface area contributed by atoms with E-state index in [1.165, 1.54) is 21.3 Å². The zero-order chi connectivity index (χ0) is 13.0. The van der Waals surface area contributed by atoms with Crippen molar-refractivity contribution in [1.29, 1.82) is 0 Å². The van der Waals surface area contributed by atoms with Crippen molar-refractivity contribution in [3.63, 3.8) is 0 Å². The molecule has 0 bridgehead atoms. The van der Waals surface area contributed by atoms with Gasteiger partial charge in [-0.15, -0.1) is 0 Å². The highest BCUT2D eigenvalue weighted by Crippen LogP contribution is 2.39. The molecule has 0 amide bonds. The summed E-state index contributed by atoms with van der Waals surface area (Å²) in [6, 6.07) is 2.28. The van der Waals surface area contributed by atoms with Gasteiger partial charge in [0.05, 0.1) is 26.4 Å². The monoisotopic (exact) mass is 259 g/mol. The first kappa shape index (κ1) is 13.6. The van der Waals surface area contributed by atoms with Crippen molar-refractivity contribution in [2.45, 2.75) is 6.04 Å². The van der Waals surface area contributed by atoms with Crippen molar-refractivity contribution in [2.75, 3.05) is 21.3 Å². The van der Waals surface area contributed by atoms with Crippen LogP contribution in [0.4, 0.5) is 0 Å². The molecule has 0 fully saturated rings. The van der Waals surface area contributed by atoms with Gasteiger partial charge in [0.2, 0.25) is 0 Å². The molecule has 0 radical (unpaired) electrons. The van der Waals surface area contributed by atoms with E-state index in [4.69, 9.17) is 26.8 Å². The van der Waals surface area contributed by atoms with Crippen LogP contribution in [-0.4, -0.2) is 27.3 Å². The Balaban J connectivity index is 3.23. The van der Waals surface area contributed by atoms with E-state index in [9.17, 15) is 4.79 Å². The molecule has 0 aromatic heterocycles. The van der Waals surface area contributed by atoms with Gasteiger partial charge in [-0.1, -0.05) is 17.7 Å². The molecule has 1 aromatic rings. The zero-order valence-electron chi connectivity index (χ0n) is 9.82. The zero-order valence-corrected chi connectivity index (χ0v) is 10.6. The molecule has 0 saturated heterocycles. The van der Waals surface area contributed by atoms with Gasteiger partial charge in [-0.2, -0.15) is 0 Å². The number of ether oxygens (including phenoxy) is 3. The fourth-order valence-electron chi connectivity index (χ4n) is 1.40. The fourth-order valence-corrected chi connectivity index (χ4v) is 1.75. The van der Waals surface area contributed by atoms with Crippen LogP contribution in [0.25, 0.3) is 0 Å². The Bertz CT molecular complexity index is 422. The van der Waals surface area contributed by atoms with Gasteiger partial charge < -0.3 is 19.9 Å². The molecule has 2 N–H and O–H groups in total. The van der Waals surface area contributed by atoms with Gasteiger partial charge in [-0.05, 0) is 6.07 Å². The van der Waals surface area contributed by atoms with E-state index in [1.54, 1.807) is 12.1 Å². The van der Waals surface area contributed by atoms with Crippen LogP contribution in [0.15, 0.2) is 12.1 Å². The first-order valence-electron chi connectivity index (χ1n) is 4.80. The minimum absolute atomic E-state index is 0.241. The fraction of sp³-hybridized carbons (Fsp3) is 0.364. The van der Waals surface area contributed by atoms with Gasteiger partial charge in [0.1, 0.15) is 6.04 Å². The van der Waals surface area contributed by atoms with Gasteiger partial charge >= 0.3 is 5.97 Å². The summed E-state index contributed by atoms with van der Waals surface area (Å²) in [5.74, 6) is 0.239. The molecule has 6 heteroatoms. The Morgan fingerprint density at radius 2 is 1.94 bits per heavy atom. The molecule has 1 aromatic carbocycles. The molecule has 0 heterocycles. The van der Waals surface area contributed by atoms with E-state index in [0.717, 1.165) is 0 Å². The highest BCUT2D eigenvalue weighted by molar-refractivity contribution is 6.33. The lowest BCUT2D eigenvalue weighted by molar-refractivity contribution is -0.142. The van der Waals surface area contributed by atoms with Crippen LogP contribution in [0, 0.1) is 0 Å². The second-order valence-electron chi connectivity index (χ2n) is 3.21. The lowest BCUT2D eigenvalue weighted by Gasteiger charge is -2.15. The van der Waals surface area contributed by atoms with Crippen molar-refractivity contribution in [3.05, 3.63) is 22.7 Å². The molecular formula is C11H14ClNO4. The standard InChI is InChI=1S/C11H14ClNO4/c1-15-7-5-4-6(8(12)10(7)16-2)9(13)11(14)17-3/h4-5,9H,13H2,1-3H3/t9-/m1/s1. The number of hydrogen-bond acceptors (Lipinski definition) is 5. The summed E-state index contributed by atoms with van der Waals surface area (Å²) in [6.45, 7) is 0. The molecule has 1 atom stereocenters. The lowest BCUT2D eigenvalue weighted by atomic mass is 10.1. The number of hydrogen-bond donors (Lipinski definition) is 1. The molecule has 1 rings (SSSR count). The Morgan fingerprint density at radius 1 is 1.29 bits per heavy atom. The van der Waals surface area contributed by atoms with Crippen molar-refractivity contribution in [1.82, 2.24) is 0 Å². The van der Waals surface area contributed by atoms with E-state index < -0.39 is 12.0 Å². The normalized spacial score (nSPS) is 11.8. The maximum atomic E-state index is 11.3. The number of benzene rings is 1. The number of carbonyl (C=O) groups is 1. The summed E-state index contributed by atoms with van der Waals surface area (Å²) in [5.41, 5.74) is 6.14. The highest BCUT2D eigenvalue weighted by Gasteiger charge is 2.23. The summed E-state index contributed by atoms with van der Waals surface area (Å²) in [5, 5.41) is 0.241. The minimum atomic E-state index is -0.952. The molecule has 0 spiro atoms. The number of methoxy groups -OCH3 is 3. The molecule has 94 valence electrons. The van der Waals surface area contributed by atoms with Gasteiger partial charge in [-0.25, -0.2) is 0 Å². The predicted molar refractivity (Wildman–Crippen MR) is 63.5 cm³/mol. The molecule has 0 aliphatic carbocycles. The number of nitrogens with two attached hydrogens (primary N) is 1. The summed E-state index contributed by atoms with van der Waals surface area (Å²) in [7, 11) is 4.21. The molecule has 17 heavy (non-hydrogen) atoms. The molecule has 0 unspecified atom stereocenters. The predicted octanol–water partition coefficient (Wildman–Crippen LogP) is 1.53. The van der Waals surface area contributed by atoms with Crippen LogP contribution in [0.2, 0.25) is 5.02 Å². The molecule has 0 aliphatic rings. The molecular weight excluding hydrogens is 246 g/mol. The Labute approximate surface area is 104 Å². The van der Waals surface area contributed by atoms with Gasteiger partial charge in [0.25, 0.3) is 0 Å². The summed E-state index contributed by atoms with van der Waals surface area (Å²) < 4.78 is 14.7. The smallest absolute Gasteiger partial charge is 0.327 e.